The summed E-state index contributed by atoms with van der Waals surface area (Å²) in [6.45, 7) is 0. The molecule has 1 nitrogen and oxygen atoms in total. The first-order valence-corrected chi connectivity index (χ1v) is 6.23. The van der Waals surface area contributed by atoms with Gasteiger partial charge in [-0.3, -0.25) is 4.79 Å². The van der Waals surface area contributed by atoms with E-state index in [4.69, 9.17) is 0 Å². The molecular weight excluding hydrogens is 228 g/mol. The molecule has 0 aliphatic heterocycles. The normalized spacial score (nSPS) is 10.6. The predicted molar refractivity (Wildman–Crippen MR) is 72.6 cm³/mol. The zero-order chi connectivity index (χ0) is 11.7. The second kappa shape index (κ2) is 4.15. The third kappa shape index (κ3) is 1.77. The van der Waals surface area contributed by atoms with Crippen LogP contribution in [0.25, 0.3) is 20.5 Å². The van der Waals surface area contributed by atoms with Gasteiger partial charge in [0.25, 0.3) is 0 Å². The van der Waals surface area contributed by atoms with Crippen molar-refractivity contribution >= 4 is 27.7 Å². The Labute approximate surface area is 103 Å². The van der Waals surface area contributed by atoms with Crippen LogP contribution in [0.5, 0.6) is 0 Å². The molecule has 1 heterocycles. The van der Waals surface area contributed by atoms with E-state index in [1.807, 2.05) is 36.4 Å². The molecule has 0 bridgehead atoms. The summed E-state index contributed by atoms with van der Waals surface area (Å²) in [7, 11) is 0. The Kier molecular flexibility index (Phi) is 2.50. The van der Waals surface area contributed by atoms with Gasteiger partial charge in [0.2, 0.25) is 0 Å². The molecule has 0 amide bonds. The van der Waals surface area contributed by atoms with Gasteiger partial charge in [-0.1, -0.05) is 48.5 Å². The van der Waals surface area contributed by atoms with Crippen molar-refractivity contribution in [3.8, 4) is 10.4 Å². The maximum Gasteiger partial charge on any atom is 0.151 e. The predicted octanol–water partition coefficient (Wildman–Crippen LogP) is 4.38. The van der Waals surface area contributed by atoms with Crippen LogP contribution >= 0.6 is 11.3 Å². The van der Waals surface area contributed by atoms with Gasteiger partial charge in [0, 0.05) is 15.1 Å². The molecule has 0 radical (unpaired) electrons. The minimum Gasteiger partial charge on any atom is -0.298 e. The van der Waals surface area contributed by atoms with Gasteiger partial charge in [-0.25, -0.2) is 0 Å². The number of aldehydes is 1. The summed E-state index contributed by atoms with van der Waals surface area (Å²) >= 11 is 1.67. The Morgan fingerprint density at radius 2 is 1.76 bits per heavy atom. The first-order valence-electron chi connectivity index (χ1n) is 5.41. The molecule has 0 fully saturated rings. The third-order valence-corrected chi connectivity index (χ3v) is 4.01. The van der Waals surface area contributed by atoms with E-state index in [9.17, 15) is 4.79 Å². The fourth-order valence-electron chi connectivity index (χ4n) is 1.92. The van der Waals surface area contributed by atoms with E-state index in [2.05, 4.69) is 18.2 Å². The summed E-state index contributed by atoms with van der Waals surface area (Å²) in [5.74, 6) is 0. The average molecular weight is 238 g/mol. The van der Waals surface area contributed by atoms with Crippen molar-refractivity contribution in [1.29, 1.82) is 0 Å². The molecule has 0 spiro atoms. The van der Waals surface area contributed by atoms with Crippen LogP contribution in [0, 0.1) is 0 Å². The first-order chi connectivity index (χ1) is 8.38. The molecule has 0 saturated carbocycles. The molecule has 3 rings (SSSR count). The molecular formula is C15H10OS. The highest BCUT2D eigenvalue weighted by molar-refractivity contribution is 7.22. The Morgan fingerprint density at radius 3 is 2.53 bits per heavy atom. The van der Waals surface area contributed by atoms with Crippen LogP contribution in [0.15, 0.2) is 54.6 Å². The zero-order valence-electron chi connectivity index (χ0n) is 9.09. The van der Waals surface area contributed by atoms with Crippen molar-refractivity contribution in [3.05, 3.63) is 60.2 Å². The molecule has 1 aromatic heterocycles. The number of benzene rings is 2. The van der Waals surface area contributed by atoms with Crippen molar-refractivity contribution in [2.45, 2.75) is 0 Å². The number of rotatable bonds is 2. The van der Waals surface area contributed by atoms with Crippen molar-refractivity contribution in [2.24, 2.45) is 0 Å². The largest absolute Gasteiger partial charge is 0.298 e. The molecule has 0 unspecified atom stereocenters. The summed E-state index contributed by atoms with van der Waals surface area (Å²) in [5.41, 5.74) is 1.97. The number of carbonyl (C=O) groups is 1. The highest BCUT2D eigenvalue weighted by Crippen LogP contribution is 2.34. The van der Waals surface area contributed by atoms with E-state index in [1.54, 1.807) is 11.3 Å². The summed E-state index contributed by atoms with van der Waals surface area (Å²) in [4.78, 5) is 12.2. The van der Waals surface area contributed by atoms with Crippen molar-refractivity contribution in [1.82, 2.24) is 0 Å². The lowest BCUT2D eigenvalue weighted by Crippen LogP contribution is -1.76. The lowest BCUT2D eigenvalue weighted by molar-refractivity contribution is 0.112. The van der Waals surface area contributed by atoms with E-state index in [1.165, 1.54) is 10.4 Å². The van der Waals surface area contributed by atoms with Crippen LogP contribution in [0.2, 0.25) is 0 Å². The van der Waals surface area contributed by atoms with E-state index < -0.39 is 0 Å². The number of hydrogen-bond acceptors (Lipinski definition) is 2. The van der Waals surface area contributed by atoms with Gasteiger partial charge in [0.15, 0.2) is 6.29 Å². The van der Waals surface area contributed by atoms with Crippen LogP contribution in [-0.2, 0) is 0 Å². The van der Waals surface area contributed by atoms with Crippen molar-refractivity contribution in [3.63, 3.8) is 0 Å². The summed E-state index contributed by atoms with van der Waals surface area (Å²) < 4.78 is 1.07. The standard InChI is InChI=1S/C15H10OS/c16-10-13-8-4-7-12-9-14(17-15(12)13)11-5-2-1-3-6-11/h1-10H. The molecule has 82 valence electrons. The fraction of sp³-hybridized carbons (Fsp3) is 0. The SMILES string of the molecule is O=Cc1cccc2cc(-c3ccccc3)sc12. The maximum absolute atomic E-state index is 11.0. The van der Waals surface area contributed by atoms with Crippen LogP contribution < -0.4 is 0 Å². The van der Waals surface area contributed by atoms with E-state index in [0.29, 0.717) is 0 Å². The smallest absolute Gasteiger partial charge is 0.151 e. The monoisotopic (exact) mass is 238 g/mol. The zero-order valence-corrected chi connectivity index (χ0v) is 9.91. The van der Waals surface area contributed by atoms with E-state index in [0.717, 1.165) is 21.9 Å². The molecule has 17 heavy (non-hydrogen) atoms. The molecule has 2 aromatic carbocycles. The van der Waals surface area contributed by atoms with Gasteiger partial charge in [-0.05, 0) is 17.0 Å². The van der Waals surface area contributed by atoms with Crippen LogP contribution in [0.3, 0.4) is 0 Å². The molecule has 0 aliphatic rings. The number of fused-ring (bicyclic) bond motifs is 1. The quantitative estimate of drug-likeness (QED) is 0.605. The Hall–Kier alpha value is -1.93. The molecule has 0 N–H and O–H groups in total. The third-order valence-electron chi connectivity index (χ3n) is 2.76. The van der Waals surface area contributed by atoms with Gasteiger partial charge in [-0.15, -0.1) is 11.3 Å². The number of carbonyl (C=O) groups excluding carboxylic acids is 1. The summed E-state index contributed by atoms with van der Waals surface area (Å²) in [5, 5.41) is 1.14. The van der Waals surface area contributed by atoms with E-state index in [-0.39, 0.29) is 0 Å². The lowest BCUT2D eigenvalue weighted by Gasteiger charge is -1.94. The second-order valence-electron chi connectivity index (χ2n) is 3.86. The molecule has 2 heteroatoms. The number of hydrogen-bond donors (Lipinski definition) is 0. The number of thiophene rings is 1. The molecule has 0 aliphatic carbocycles. The maximum atomic E-state index is 11.0. The Bertz CT molecular complexity index is 668. The first kappa shape index (κ1) is 10.2. The molecule has 3 aromatic rings. The van der Waals surface area contributed by atoms with Crippen molar-refractivity contribution < 1.29 is 4.79 Å². The minimum absolute atomic E-state index is 0.773. The van der Waals surface area contributed by atoms with Gasteiger partial charge in [-0.2, -0.15) is 0 Å². The topological polar surface area (TPSA) is 17.1 Å². The second-order valence-corrected chi connectivity index (χ2v) is 4.91. The van der Waals surface area contributed by atoms with Crippen LogP contribution in [0.4, 0.5) is 0 Å². The van der Waals surface area contributed by atoms with Gasteiger partial charge in [0.05, 0.1) is 0 Å². The Balaban J connectivity index is 2.24. The van der Waals surface area contributed by atoms with Gasteiger partial charge >= 0.3 is 0 Å². The van der Waals surface area contributed by atoms with E-state index >= 15 is 0 Å². The molecule has 0 saturated heterocycles. The summed E-state index contributed by atoms with van der Waals surface area (Å²) in [6.07, 6.45) is 0.924. The fourth-order valence-corrected chi connectivity index (χ4v) is 3.06. The average Bonchev–Trinajstić information content (AvgIpc) is 2.83. The van der Waals surface area contributed by atoms with Crippen molar-refractivity contribution in [2.75, 3.05) is 0 Å². The molecule has 0 atom stereocenters. The van der Waals surface area contributed by atoms with Crippen LogP contribution in [0.1, 0.15) is 10.4 Å². The minimum atomic E-state index is 0.773. The summed E-state index contributed by atoms with van der Waals surface area (Å²) in [6, 6.07) is 18.2. The highest BCUT2D eigenvalue weighted by Gasteiger charge is 2.06. The van der Waals surface area contributed by atoms with Crippen LogP contribution in [-0.4, -0.2) is 6.29 Å². The van der Waals surface area contributed by atoms with Gasteiger partial charge in [0.1, 0.15) is 0 Å². The lowest BCUT2D eigenvalue weighted by atomic mass is 10.1. The Morgan fingerprint density at radius 1 is 0.941 bits per heavy atom. The highest BCUT2D eigenvalue weighted by atomic mass is 32.1. The van der Waals surface area contributed by atoms with Gasteiger partial charge < -0.3 is 0 Å².